The Bertz CT molecular complexity index is 164. The third kappa shape index (κ3) is 1.19. The minimum atomic E-state index is 0.850. The Morgan fingerprint density at radius 3 is 2.67 bits per heavy atom. The molecule has 0 radical (unpaired) electrons. The third-order valence-corrected chi connectivity index (χ3v) is 3.87. The van der Waals surface area contributed by atoms with E-state index < -0.39 is 0 Å². The van der Waals surface area contributed by atoms with Gasteiger partial charge in [0.15, 0.2) is 0 Å². The van der Waals surface area contributed by atoms with Gasteiger partial charge in [0.2, 0.25) is 0 Å². The highest BCUT2D eigenvalue weighted by atomic mass is 15.2. The van der Waals surface area contributed by atoms with Gasteiger partial charge in [-0.1, -0.05) is 20.3 Å². The molecule has 0 aromatic heterocycles. The molecule has 1 unspecified atom stereocenters. The van der Waals surface area contributed by atoms with Crippen molar-refractivity contribution in [2.45, 2.75) is 39.2 Å². The van der Waals surface area contributed by atoms with E-state index in [-0.39, 0.29) is 0 Å². The van der Waals surface area contributed by atoms with Crippen LogP contribution < -0.4 is 0 Å². The number of likely N-dealkylation sites (tertiary alicyclic amines) is 1. The second kappa shape index (κ2) is 3.02. The molecule has 1 saturated carbocycles. The highest BCUT2D eigenvalue weighted by Gasteiger charge is 2.43. The Kier molecular flexibility index (Phi) is 2.16. The molecule has 0 spiro atoms. The predicted molar refractivity (Wildman–Crippen MR) is 52.1 cm³/mol. The smallest absolute Gasteiger partial charge is 0.0147 e. The van der Waals surface area contributed by atoms with Gasteiger partial charge in [0.25, 0.3) is 0 Å². The molecular formula is C11H21N. The summed E-state index contributed by atoms with van der Waals surface area (Å²) >= 11 is 0. The highest BCUT2D eigenvalue weighted by molar-refractivity contribution is 4.96. The molecule has 0 bridgehead atoms. The molecule has 1 aliphatic carbocycles. The second-order valence-corrected chi connectivity index (χ2v) is 5.03. The molecule has 1 nitrogen and oxygen atoms in total. The van der Waals surface area contributed by atoms with Gasteiger partial charge in [0.1, 0.15) is 0 Å². The van der Waals surface area contributed by atoms with Crippen molar-refractivity contribution in [1.82, 2.24) is 4.90 Å². The lowest BCUT2D eigenvalue weighted by Gasteiger charge is -2.27. The van der Waals surface area contributed by atoms with Crippen LogP contribution in [-0.2, 0) is 0 Å². The van der Waals surface area contributed by atoms with Crippen molar-refractivity contribution >= 4 is 0 Å². The maximum atomic E-state index is 2.60. The van der Waals surface area contributed by atoms with Gasteiger partial charge in [-0.2, -0.15) is 0 Å². The van der Waals surface area contributed by atoms with Gasteiger partial charge >= 0.3 is 0 Å². The normalized spacial score (nSPS) is 42.5. The van der Waals surface area contributed by atoms with Gasteiger partial charge in [-0.3, -0.25) is 0 Å². The van der Waals surface area contributed by atoms with Gasteiger partial charge in [-0.15, -0.1) is 0 Å². The van der Waals surface area contributed by atoms with Crippen LogP contribution in [0.15, 0.2) is 0 Å². The molecule has 0 amide bonds. The van der Waals surface area contributed by atoms with Gasteiger partial charge in [0.05, 0.1) is 0 Å². The Hall–Kier alpha value is -0.0400. The Morgan fingerprint density at radius 1 is 1.25 bits per heavy atom. The molecule has 1 heterocycles. The van der Waals surface area contributed by atoms with Crippen molar-refractivity contribution in [3.63, 3.8) is 0 Å². The summed E-state index contributed by atoms with van der Waals surface area (Å²) in [4.78, 5) is 2.60. The standard InChI is InChI=1S/C11H21N/c1-8(2)11-10-6-4-5-9(10)7-12(11)3/h8-11H,4-7H2,1-3H3/t9-,10-,11?/m1/s1. The fourth-order valence-corrected chi connectivity index (χ4v) is 3.56. The quantitative estimate of drug-likeness (QED) is 0.579. The van der Waals surface area contributed by atoms with Crippen LogP contribution in [0.2, 0.25) is 0 Å². The highest BCUT2D eigenvalue weighted by Crippen LogP contribution is 2.43. The topological polar surface area (TPSA) is 3.24 Å². The summed E-state index contributed by atoms with van der Waals surface area (Å²) in [6, 6.07) is 0.887. The molecule has 1 saturated heterocycles. The average molecular weight is 167 g/mol. The lowest BCUT2D eigenvalue weighted by atomic mass is 9.87. The first-order valence-electron chi connectivity index (χ1n) is 5.40. The van der Waals surface area contributed by atoms with Crippen LogP contribution in [0.3, 0.4) is 0 Å². The molecule has 12 heavy (non-hydrogen) atoms. The lowest BCUT2D eigenvalue weighted by Crippen LogP contribution is -2.33. The minimum absolute atomic E-state index is 0.850. The van der Waals surface area contributed by atoms with E-state index in [4.69, 9.17) is 0 Å². The van der Waals surface area contributed by atoms with Crippen molar-refractivity contribution in [3.8, 4) is 0 Å². The summed E-state index contributed by atoms with van der Waals surface area (Å²) in [6.45, 7) is 6.12. The van der Waals surface area contributed by atoms with Crippen LogP contribution in [0, 0.1) is 17.8 Å². The largest absolute Gasteiger partial charge is 0.303 e. The average Bonchev–Trinajstić information content (AvgIpc) is 2.44. The van der Waals surface area contributed by atoms with Crippen molar-refractivity contribution < 1.29 is 0 Å². The maximum absolute atomic E-state index is 2.60. The van der Waals surface area contributed by atoms with Crippen molar-refractivity contribution in [2.24, 2.45) is 17.8 Å². The maximum Gasteiger partial charge on any atom is 0.0147 e. The van der Waals surface area contributed by atoms with E-state index in [0.717, 1.165) is 23.8 Å². The van der Waals surface area contributed by atoms with Crippen LogP contribution in [0.4, 0.5) is 0 Å². The Labute approximate surface area is 76.1 Å². The van der Waals surface area contributed by atoms with Crippen molar-refractivity contribution in [1.29, 1.82) is 0 Å². The van der Waals surface area contributed by atoms with E-state index >= 15 is 0 Å². The lowest BCUT2D eigenvalue weighted by molar-refractivity contribution is 0.207. The fourth-order valence-electron chi connectivity index (χ4n) is 3.56. The van der Waals surface area contributed by atoms with Crippen molar-refractivity contribution in [3.05, 3.63) is 0 Å². The summed E-state index contributed by atoms with van der Waals surface area (Å²) in [5, 5.41) is 0. The first-order chi connectivity index (χ1) is 5.70. The molecule has 3 atom stereocenters. The van der Waals surface area contributed by atoms with Crippen LogP contribution >= 0.6 is 0 Å². The monoisotopic (exact) mass is 167 g/mol. The molecule has 2 fully saturated rings. The van der Waals surface area contributed by atoms with Crippen LogP contribution in [-0.4, -0.2) is 24.5 Å². The molecule has 1 heteroatoms. The van der Waals surface area contributed by atoms with Crippen LogP contribution in [0.25, 0.3) is 0 Å². The molecule has 0 aromatic carbocycles. The summed E-state index contributed by atoms with van der Waals surface area (Å²) in [7, 11) is 2.31. The Morgan fingerprint density at radius 2 is 2.00 bits per heavy atom. The van der Waals surface area contributed by atoms with Gasteiger partial charge in [-0.25, -0.2) is 0 Å². The summed E-state index contributed by atoms with van der Waals surface area (Å²) in [5.74, 6) is 2.93. The Balaban J connectivity index is 2.10. The molecule has 2 rings (SSSR count). The van der Waals surface area contributed by atoms with Crippen LogP contribution in [0.5, 0.6) is 0 Å². The van der Waals surface area contributed by atoms with Gasteiger partial charge in [-0.05, 0) is 37.6 Å². The molecule has 70 valence electrons. The zero-order chi connectivity index (χ0) is 8.72. The zero-order valence-electron chi connectivity index (χ0n) is 8.59. The molecule has 0 N–H and O–H groups in total. The number of hydrogen-bond donors (Lipinski definition) is 0. The predicted octanol–water partition coefficient (Wildman–Crippen LogP) is 2.37. The number of nitrogens with zero attached hydrogens (tertiary/aromatic N) is 1. The summed E-state index contributed by atoms with van der Waals surface area (Å²) < 4.78 is 0. The van der Waals surface area contributed by atoms with Crippen LogP contribution in [0.1, 0.15) is 33.1 Å². The van der Waals surface area contributed by atoms with Gasteiger partial charge < -0.3 is 4.90 Å². The molecule has 0 aromatic rings. The third-order valence-electron chi connectivity index (χ3n) is 3.87. The van der Waals surface area contributed by atoms with Crippen molar-refractivity contribution in [2.75, 3.05) is 13.6 Å². The SMILES string of the molecule is CC(C)C1[C@@H]2CCC[C@@H]2CN1C. The molecule has 2 aliphatic rings. The van der Waals surface area contributed by atoms with E-state index in [1.165, 1.54) is 25.8 Å². The second-order valence-electron chi connectivity index (χ2n) is 5.03. The van der Waals surface area contributed by atoms with E-state index in [1.54, 1.807) is 0 Å². The van der Waals surface area contributed by atoms with E-state index in [2.05, 4.69) is 25.8 Å². The summed E-state index contributed by atoms with van der Waals surface area (Å²) in [5.41, 5.74) is 0. The van der Waals surface area contributed by atoms with E-state index in [9.17, 15) is 0 Å². The number of rotatable bonds is 1. The first kappa shape index (κ1) is 8.55. The molecular weight excluding hydrogens is 146 g/mol. The van der Waals surface area contributed by atoms with Gasteiger partial charge in [0, 0.05) is 12.6 Å². The first-order valence-corrected chi connectivity index (χ1v) is 5.40. The summed E-state index contributed by atoms with van der Waals surface area (Å²) in [6.07, 6.45) is 4.49. The minimum Gasteiger partial charge on any atom is -0.303 e. The van der Waals surface area contributed by atoms with E-state index in [1.807, 2.05) is 0 Å². The zero-order valence-corrected chi connectivity index (χ0v) is 8.59. The number of fused-ring (bicyclic) bond motifs is 1. The number of hydrogen-bond acceptors (Lipinski definition) is 1. The van der Waals surface area contributed by atoms with E-state index in [0.29, 0.717) is 0 Å². The molecule has 1 aliphatic heterocycles. The fraction of sp³-hybridized carbons (Fsp3) is 1.00.